The van der Waals surface area contributed by atoms with Crippen LogP contribution in [0.3, 0.4) is 0 Å². The van der Waals surface area contributed by atoms with Gasteiger partial charge in [0.25, 0.3) is 0 Å². The minimum absolute atomic E-state index is 0.0408. The fourth-order valence-corrected chi connectivity index (χ4v) is 2.23. The summed E-state index contributed by atoms with van der Waals surface area (Å²) in [5.41, 5.74) is 1.13. The zero-order valence-electron chi connectivity index (χ0n) is 9.33. The van der Waals surface area contributed by atoms with Crippen LogP contribution < -0.4 is 4.74 Å². The molecule has 0 heterocycles. The molecule has 0 aliphatic heterocycles. The minimum Gasteiger partial charge on any atom is -0.487 e. The Morgan fingerprint density at radius 1 is 1.27 bits per heavy atom. The third-order valence-corrected chi connectivity index (χ3v) is 3.16. The van der Waals surface area contributed by atoms with E-state index in [2.05, 4.69) is 13.5 Å². The Morgan fingerprint density at radius 2 is 1.93 bits per heavy atom. The van der Waals surface area contributed by atoms with Gasteiger partial charge in [-0.1, -0.05) is 30.9 Å². The van der Waals surface area contributed by atoms with Gasteiger partial charge in [0.1, 0.15) is 11.4 Å². The third kappa shape index (κ3) is 2.23. The van der Waals surface area contributed by atoms with Crippen molar-refractivity contribution in [3.05, 3.63) is 36.4 Å². The maximum absolute atomic E-state index is 6.11. The number of rotatable bonds is 3. The van der Waals surface area contributed by atoms with Crippen LogP contribution in [0.5, 0.6) is 5.75 Å². The molecule has 0 N–H and O–H groups in total. The Bertz CT molecular complexity index is 348. The van der Waals surface area contributed by atoms with Crippen molar-refractivity contribution < 1.29 is 4.74 Å². The molecule has 0 atom stereocenters. The summed E-state index contributed by atoms with van der Waals surface area (Å²) < 4.78 is 6.11. The van der Waals surface area contributed by atoms with Gasteiger partial charge in [0.2, 0.25) is 0 Å². The van der Waals surface area contributed by atoms with Crippen LogP contribution in [-0.4, -0.2) is 5.60 Å². The van der Waals surface area contributed by atoms with Crippen LogP contribution in [-0.2, 0) is 0 Å². The van der Waals surface area contributed by atoms with Gasteiger partial charge < -0.3 is 4.74 Å². The first-order valence-electron chi connectivity index (χ1n) is 5.64. The molecule has 1 aromatic rings. The summed E-state index contributed by atoms with van der Waals surface area (Å²) in [7, 11) is 0. The molecule has 1 aliphatic carbocycles. The first-order valence-corrected chi connectivity index (χ1v) is 5.64. The topological polar surface area (TPSA) is 9.23 Å². The van der Waals surface area contributed by atoms with Crippen molar-refractivity contribution in [2.24, 2.45) is 0 Å². The standard InChI is InChI=1S/C14H18O/c1-3-12-8-4-5-9-13(12)15-14(2)10-6-7-11-14/h3-5,8-9H,1,6-7,10-11H2,2H3. The molecule has 0 bridgehead atoms. The van der Waals surface area contributed by atoms with Crippen LogP contribution in [0.2, 0.25) is 0 Å². The Hall–Kier alpha value is -1.24. The molecule has 0 spiro atoms. The van der Waals surface area contributed by atoms with Crippen molar-refractivity contribution in [1.82, 2.24) is 0 Å². The molecule has 0 unspecified atom stereocenters. The second-order valence-corrected chi connectivity index (χ2v) is 4.50. The Morgan fingerprint density at radius 3 is 2.60 bits per heavy atom. The van der Waals surface area contributed by atoms with Crippen molar-refractivity contribution in [1.29, 1.82) is 0 Å². The van der Waals surface area contributed by atoms with E-state index in [1.807, 2.05) is 30.3 Å². The first-order chi connectivity index (χ1) is 7.23. The highest BCUT2D eigenvalue weighted by Crippen LogP contribution is 2.35. The summed E-state index contributed by atoms with van der Waals surface area (Å²) in [6.45, 7) is 6.02. The molecule has 1 saturated carbocycles. The molecular formula is C14H18O. The zero-order chi connectivity index (χ0) is 10.7. The maximum atomic E-state index is 6.11. The van der Waals surface area contributed by atoms with E-state index in [0.717, 1.165) is 11.3 Å². The smallest absolute Gasteiger partial charge is 0.127 e. The SMILES string of the molecule is C=Cc1ccccc1OC1(C)CCCC1. The molecule has 0 aromatic heterocycles. The van der Waals surface area contributed by atoms with E-state index in [4.69, 9.17) is 4.74 Å². The van der Waals surface area contributed by atoms with E-state index in [-0.39, 0.29) is 5.60 Å². The molecule has 15 heavy (non-hydrogen) atoms. The van der Waals surface area contributed by atoms with Gasteiger partial charge in [0.15, 0.2) is 0 Å². The average Bonchev–Trinajstić information content (AvgIpc) is 2.66. The van der Waals surface area contributed by atoms with Gasteiger partial charge in [-0.3, -0.25) is 0 Å². The van der Waals surface area contributed by atoms with Crippen molar-refractivity contribution >= 4 is 6.08 Å². The van der Waals surface area contributed by atoms with Gasteiger partial charge >= 0.3 is 0 Å². The molecule has 1 aliphatic rings. The average molecular weight is 202 g/mol. The maximum Gasteiger partial charge on any atom is 0.127 e. The van der Waals surface area contributed by atoms with Crippen molar-refractivity contribution in [3.8, 4) is 5.75 Å². The van der Waals surface area contributed by atoms with E-state index in [9.17, 15) is 0 Å². The summed E-state index contributed by atoms with van der Waals surface area (Å²) in [5.74, 6) is 0.969. The van der Waals surface area contributed by atoms with Crippen LogP contribution in [0, 0.1) is 0 Å². The number of hydrogen-bond donors (Lipinski definition) is 0. The van der Waals surface area contributed by atoms with Crippen LogP contribution in [0.25, 0.3) is 6.08 Å². The highest BCUT2D eigenvalue weighted by Gasteiger charge is 2.30. The molecular weight excluding hydrogens is 184 g/mol. The lowest BCUT2D eigenvalue weighted by molar-refractivity contribution is 0.0965. The minimum atomic E-state index is 0.0408. The Balaban J connectivity index is 2.19. The third-order valence-electron chi connectivity index (χ3n) is 3.16. The molecule has 1 aromatic carbocycles. The van der Waals surface area contributed by atoms with Crippen LogP contribution in [0.15, 0.2) is 30.8 Å². The van der Waals surface area contributed by atoms with Crippen molar-refractivity contribution in [2.75, 3.05) is 0 Å². The van der Waals surface area contributed by atoms with Crippen molar-refractivity contribution in [3.63, 3.8) is 0 Å². The predicted molar refractivity (Wildman–Crippen MR) is 64.0 cm³/mol. The molecule has 1 heteroatoms. The molecule has 0 saturated heterocycles. The second kappa shape index (κ2) is 4.09. The summed E-state index contributed by atoms with van der Waals surface area (Å²) in [6, 6.07) is 8.10. The summed E-state index contributed by atoms with van der Waals surface area (Å²) in [6.07, 6.45) is 6.75. The van der Waals surface area contributed by atoms with E-state index in [0.29, 0.717) is 0 Å². The van der Waals surface area contributed by atoms with Gasteiger partial charge in [0.05, 0.1) is 0 Å². The first kappa shape index (κ1) is 10.3. The summed E-state index contributed by atoms with van der Waals surface area (Å²) in [4.78, 5) is 0. The van der Waals surface area contributed by atoms with Crippen LogP contribution >= 0.6 is 0 Å². The van der Waals surface area contributed by atoms with E-state index >= 15 is 0 Å². The van der Waals surface area contributed by atoms with E-state index < -0.39 is 0 Å². The molecule has 80 valence electrons. The fourth-order valence-electron chi connectivity index (χ4n) is 2.23. The molecule has 0 radical (unpaired) electrons. The molecule has 1 nitrogen and oxygen atoms in total. The van der Waals surface area contributed by atoms with Gasteiger partial charge in [-0.2, -0.15) is 0 Å². The lowest BCUT2D eigenvalue weighted by Gasteiger charge is -2.26. The second-order valence-electron chi connectivity index (χ2n) is 4.50. The molecule has 0 amide bonds. The largest absolute Gasteiger partial charge is 0.487 e. The zero-order valence-corrected chi connectivity index (χ0v) is 9.33. The summed E-state index contributed by atoms with van der Waals surface area (Å²) >= 11 is 0. The van der Waals surface area contributed by atoms with Gasteiger partial charge in [-0.25, -0.2) is 0 Å². The van der Waals surface area contributed by atoms with Crippen LogP contribution in [0.1, 0.15) is 38.2 Å². The van der Waals surface area contributed by atoms with Gasteiger partial charge in [0, 0.05) is 5.56 Å². The number of benzene rings is 1. The number of ether oxygens (including phenoxy) is 1. The number of hydrogen-bond acceptors (Lipinski definition) is 1. The van der Waals surface area contributed by atoms with Crippen molar-refractivity contribution in [2.45, 2.75) is 38.2 Å². The fraction of sp³-hybridized carbons (Fsp3) is 0.429. The molecule has 1 fully saturated rings. The summed E-state index contributed by atoms with van der Waals surface area (Å²) in [5, 5.41) is 0. The number of para-hydroxylation sites is 1. The normalized spacial score (nSPS) is 18.7. The lowest BCUT2D eigenvalue weighted by Crippen LogP contribution is -2.28. The van der Waals surface area contributed by atoms with Crippen LogP contribution in [0.4, 0.5) is 0 Å². The van der Waals surface area contributed by atoms with E-state index in [1.165, 1.54) is 25.7 Å². The quantitative estimate of drug-likeness (QED) is 0.718. The Labute approximate surface area is 91.8 Å². The highest BCUT2D eigenvalue weighted by atomic mass is 16.5. The van der Waals surface area contributed by atoms with Gasteiger partial charge in [-0.05, 0) is 38.7 Å². The monoisotopic (exact) mass is 202 g/mol. The Kier molecular flexibility index (Phi) is 2.81. The van der Waals surface area contributed by atoms with Gasteiger partial charge in [-0.15, -0.1) is 0 Å². The molecule has 2 rings (SSSR count). The lowest BCUT2D eigenvalue weighted by atomic mass is 10.1. The van der Waals surface area contributed by atoms with E-state index in [1.54, 1.807) is 0 Å². The highest BCUT2D eigenvalue weighted by molar-refractivity contribution is 5.55. The predicted octanol–water partition coefficient (Wildman–Crippen LogP) is 4.04.